The Hall–Kier alpha value is -2.35. The molecule has 140 valence electrons. The fourth-order valence-electron chi connectivity index (χ4n) is 4.86. The largest absolute Gasteiger partial charge is 0.481 e. The second kappa shape index (κ2) is 7.34. The van der Waals surface area contributed by atoms with Gasteiger partial charge in [-0.3, -0.25) is 9.88 Å². The predicted molar refractivity (Wildman–Crippen MR) is 105 cm³/mol. The van der Waals surface area contributed by atoms with E-state index in [-0.39, 0.29) is 12.5 Å². The van der Waals surface area contributed by atoms with Crippen molar-refractivity contribution in [3.8, 4) is 18.1 Å². The molecule has 2 aliphatic rings. The van der Waals surface area contributed by atoms with Crippen LogP contribution in [0.4, 0.5) is 0 Å². The fourth-order valence-corrected chi connectivity index (χ4v) is 4.86. The summed E-state index contributed by atoms with van der Waals surface area (Å²) in [5.41, 5.74) is 2.35. The van der Waals surface area contributed by atoms with Gasteiger partial charge < -0.3 is 9.84 Å². The fraction of sp³-hybridized carbons (Fsp3) is 0.435. The molecule has 1 aromatic carbocycles. The quantitative estimate of drug-likeness (QED) is 0.830. The number of hydrogen-bond donors (Lipinski definition) is 1. The van der Waals surface area contributed by atoms with Crippen LogP contribution < -0.4 is 4.74 Å². The van der Waals surface area contributed by atoms with Crippen LogP contribution in [0.1, 0.15) is 29.7 Å². The van der Waals surface area contributed by atoms with Gasteiger partial charge >= 0.3 is 0 Å². The second-order valence-electron chi connectivity index (χ2n) is 7.83. The van der Waals surface area contributed by atoms with Crippen molar-refractivity contribution in [2.75, 3.05) is 19.7 Å². The van der Waals surface area contributed by atoms with E-state index in [1.54, 1.807) is 6.20 Å². The lowest BCUT2D eigenvalue weighted by atomic mass is 9.83. The summed E-state index contributed by atoms with van der Waals surface area (Å²) in [6.45, 7) is 5.11. The van der Waals surface area contributed by atoms with Crippen LogP contribution >= 0.6 is 0 Å². The molecule has 1 aliphatic carbocycles. The summed E-state index contributed by atoms with van der Waals surface area (Å²) in [4.78, 5) is 6.98. The van der Waals surface area contributed by atoms with E-state index in [1.807, 2.05) is 31.2 Å². The first kappa shape index (κ1) is 18.0. The Kier molecular flexibility index (Phi) is 4.90. The third kappa shape index (κ3) is 3.45. The molecule has 0 spiro atoms. The molecule has 0 amide bonds. The van der Waals surface area contributed by atoms with Gasteiger partial charge in [0.1, 0.15) is 18.0 Å². The number of benzene rings is 1. The van der Waals surface area contributed by atoms with Crippen molar-refractivity contribution in [1.29, 1.82) is 0 Å². The second-order valence-corrected chi connectivity index (χ2v) is 7.83. The molecule has 4 rings (SSSR count). The van der Waals surface area contributed by atoms with Crippen LogP contribution in [-0.4, -0.2) is 34.7 Å². The van der Waals surface area contributed by atoms with E-state index in [9.17, 15) is 5.11 Å². The molecule has 27 heavy (non-hydrogen) atoms. The lowest BCUT2D eigenvalue weighted by Gasteiger charge is -2.31. The maximum Gasteiger partial charge on any atom is 0.148 e. The zero-order valence-electron chi connectivity index (χ0n) is 15.8. The summed E-state index contributed by atoms with van der Waals surface area (Å²) in [5.74, 6) is 4.08. The highest BCUT2D eigenvalue weighted by Crippen LogP contribution is 2.50. The Morgan fingerprint density at radius 1 is 1.33 bits per heavy atom. The average molecular weight is 362 g/mol. The number of pyridine rings is 1. The van der Waals surface area contributed by atoms with Crippen LogP contribution in [0.5, 0.6) is 5.75 Å². The number of rotatable bonds is 5. The highest BCUT2D eigenvalue weighted by Gasteiger charge is 2.53. The van der Waals surface area contributed by atoms with Gasteiger partial charge in [-0.15, -0.1) is 6.42 Å². The van der Waals surface area contributed by atoms with Crippen molar-refractivity contribution in [1.82, 2.24) is 9.88 Å². The van der Waals surface area contributed by atoms with Gasteiger partial charge in [0, 0.05) is 31.7 Å². The Balaban J connectivity index is 1.48. The molecule has 2 aromatic rings. The Morgan fingerprint density at radius 3 is 3.04 bits per heavy atom. The van der Waals surface area contributed by atoms with E-state index in [0.717, 1.165) is 49.5 Å². The number of aromatic nitrogens is 1. The smallest absolute Gasteiger partial charge is 0.148 e. The van der Waals surface area contributed by atoms with Crippen molar-refractivity contribution in [3.63, 3.8) is 0 Å². The van der Waals surface area contributed by atoms with Gasteiger partial charge in [-0.2, -0.15) is 0 Å². The first-order valence-electron chi connectivity index (χ1n) is 9.62. The molecule has 2 heterocycles. The van der Waals surface area contributed by atoms with E-state index >= 15 is 0 Å². The zero-order chi connectivity index (χ0) is 18.9. The summed E-state index contributed by atoms with van der Waals surface area (Å²) in [6, 6.07) is 12.1. The highest BCUT2D eigenvalue weighted by atomic mass is 16.5. The van der Waals surface area contributed by atoms with Gasteiger partial charge in [0.2, 0.25) is 0 Å². The van der Waals surface area contributed by atoms with Crippen LogP contribution in [0.3, 0.4) is 0 Å². The molecule has 0 bridgehead atoms. The summed E-state index contributed by atoms with van der Waals surface area (Å²) in [6.07, 6.45) is 8.93. The maximum absolute atomic E-state index is 11.5. The molecule has 1 aliphatic heterocycles. The molecule has 3 atom stereocenters. The minimum atomic E-state index is -0.803. The number of aliphatic hydroxyl groups is 1. The van der Waals surface area contributed by atoms with Gasteiger partial charge in [-0.05, 0) is 55.0 Å². The maximum atomic E-state index is 11.5. The minimum absolute atomic E-state index is 0.243. The van der Waals surface area contributed by atoms with Crippen LogP contribution in [0.2, 0.25) is 0 Å². The molecule has 4 heteroatoms. The highest BCUT2D eigenvalue weighted by molar-refractivity contribution is 5.30. The molecular weight excluding hydrogens is 336 g/mol. The summed E-state index contributed by atoms with van der Waals surface area (Å²) in [5, 5.41) is 11.5. The molecule has 2 fully saturated rings. The summed E-state index contributed by atoms with van der Waals surface area (Å²) in [7, 11) is 0. The Morgan fingerprint density at radius 2 is 2.22 bits per heavy atom. The summed E-state index contributed by atoms with van der Waals surface area (Å²) >= 11 is 0. The van der Waals surface area contributed by atoms with Crippen molar-refractivity contribution in [2.45, 2.75) is 31.9 Å². The molecule has 0 radical (unpaired) electrons. The topological polar surface area (TPSA) is 45.6 Å². The van der Waals surface area contributed by atoms with Crippen molar-refractivity contribution < 1.29 is 9.84 Å². The van der Waals surface area contributed by atoms with Crippen molar-refractivity contribution >= 4 is 0 Å². The average Bonchev–Trinajstić information content (AvgIpc) is 3.21. The lowest BCUT2D eigenvalue weighted by molar-refractivity contribution is -0.0114. The number of terminal acetylenes is 1. The van der Waals surface area contributed by atoms with E-state index in [2.05, 4.69) is 27.9 Å². The molecule has 1 N–H and O–H groups in total. The molecule has 1 aromatic heterocycles. The molecule has 1 saturated carbocycles. The number of ether oxygens (including phenoxy) is 1. The number of aryl methyl sites for hydroxylation is 1. The van der Waals surface area contributed by atoms with E-state index in [1.165, 1.54) is 5.56 Å². The van der Waals surface area contributed by atoms with Crippen LogP contribution in [-0.2, 0) is 12.1 Å². The monoisotopic (exact) mass is 362 g/mol. The molecule has 1 saturated heterocycles. The van der Waals surface area contributed by atoms with Gasteiger partial charge in [0.15, 0.2) is 0 Å². The molecular formula is C23H26N2O2. The normalized spacial score (nSPS) is 27.3. The number of fused-ring (bicyclic) bond motifs is 1. The van der Waals surface area contributed by atoms with Gasteiger partial charge in [-0.25, -0.2) is 0 Å². The van der Waals surface area contributed by atoms with Crippen LogP contribution in [0.25, 0.3) is 0 Å². The number of likely N-dealkylation sites (tertiary alicyclic amines) is 1. The first-order chi connectivity index (χ1) is 13.1. The predicted octanol–water partition coefficient (Wildman–Crippen LogP) is 3.13. The lowest BCUT2D eigenvalue weighted by Crippen LogP contribution is -2.36. The first-order valence-corrected chi connectivity index (χ1v) is 9.62. The van der Waals surface area contributed by atoms with E-state index < -0.39 is 5.60 Å². The minimum Gasteiger partial charge on any atom is -0.481 e. The van der Waals surface area contributed by atoms with Crippen LogP contribution in [0.15, 0.2) is 42.6 Å². The zero-order valence-corrected chi connectivity index (χ0v) is 15.8. The molecule has 0 unspecified atom stereocenters. The molecule has 4 nitrogen and oxygen atoms in total. The van der Waals surface area contributed by atoms with E-state index in [0.29, 0.717) is 5.92 Å². The number of nitrogens with zero attached hydrogens (tertiary/aromatic N) is 2. The van der Waals surface area contributed by atoms with Crippen molar-refractivity contribution in [3.05, 3.63) is 59.4 Å². The van der Waals surface area contributed by atoms with E-state index in [4.69, 9.17) is 11.2 Å². The van der Waals surface area contributed by atoms with Crippen LogP contribution in [0, 0.1) is 31.1 Å². The summed E-state index contributed by atoms with van der Waals surface area (Å²) < 4.78 is 5.54. The number of hydrogen-bond acceptors (Lipinski definition) is 4. The standard InChI is InChI=1S/C23H26N2O2/c1-3-12-27-20-8-4-7-18(13-20)14-25-15-19-9-10-23(26,21(19)16-25)22-17(2)6-5-11-24-22/h1,4-8,11,13,19,21,26H,9-10,12,14-16H2,2H3/t19-,21+,23-/m0/s1. The van der Waals surface area contributed by atoms with Gasteiger partial charge in [-0.1, -0.05) is 24.1 Å². The third-order valence-corrected chi connectivity index (χ3v) is 6.07. The Bertz CT molecular complexity index is 859. The van der Waals surface area contributed by atoms with Gasteiger partial charge in [0.25, 0.3) is 0 Å². The Labute approximate surface area is 161 Å². The van der Waals surface area contributed by atoms with Gasteiger partial charge in [0.05, 0.1) is 5.69 Å². The SMILES string of the molecule is C#CCOc1cccc(CN2C[C@@H]3CC[C@@](O)(c4ncccc4C)[C@@H]3C2)c1. The third-order valence-electron chi connectivity index (χ3n) is 6.07. The van der Waals surface area contributed by atoms with Crippen molar-refractivity contribution in [2.24, 2.45) is 11.8 Å².